The molecule has 1 heterocycles. The molecular formula is C18H19ClN2O2. The van der Waals surface area contributed by atoms with Gasteiger partial charge in [0.1, 0.15) is 5.15 Å². The van der Waals surface area contributed by atoms with Crippen molar-refractivity contribution < 1.29 is 9.90 Å². The van der Waals surface area contributed by atoms with Crippen molar-refractivity contribution in [3.63, 3.8) is 0 Å². The fourth-order valence-corrected chi connectivity index (χ4v) is 2.21. The Labute approximate surface area is 140 Å². The minimum absolute atomic E-state index is 0.159. The Bertz CT molecular complexity index is 666. The van der Waals surface area contributed by atoms with Crippen LogP contribution in [0.5, 0.6) is 0 Å². The van der Waals surface area contributed by atoms with E-state index in [-0.39, 0.29) is 12.5 Å². The zero-order valence-corrected chi connectivity index (χ0v) is 13.6. The minimum atomic E-state index is -0.429. The van der Waals surface area contributed by atoms with Crippen molar-refractivity contribution in [2.45, 2.75) is 19.4 Å². The Hall–Kier alpha value is -2.17. The molecular weight excluding hydrogens is 312 g/mol. The van der Waals surface area contributed by atoms with Crippen LogP contribution in [0, 0.1) is 0 Å². The second-order valence-electron chi connectivity index (χ2n) is 5.09. The van der Waals surface area contributed by atoms with Crippen molar-refractivity contribution in [1.82, 2.24) is 10.3 Å². The maximum absolute atomic E-state index is 12.0. The van der Waals surface area contributed by atoms with Gasteiger partial charge < -0.3 is 10.4 Å². The third-order valence-corrected chi connectivity index (χ3v) is 3.69. The Morgan fingerprint density at radius 1 is 1.30 bits per heavy atom. The van der Waals surface area contributed by atoms with Crippen LogP contribution in [0.4, 0.5) is 0 Å². The van der Waals surface area contributed by atoms with Gasteiger partial charge in [-0.25, -0.2) is 4.98 Å². The van der Waals surface area contributed by atoms with Crippen LogP contribution in [0.2, 0.25) is 5.15 Å². The van der Waals surface area contributed by atoms with E-state index in [4.69, 9.17) is 11.6 Å². The lowest BCUT2D eigenvalue weighted by Crippen LogP contribution is -2.29. The molecule has 4 nitrogen and oxygen atoms in total. The fourth-order valence-electron chi connectivity index (χ4n) is 2.10. The smallest absolute Gasteiger partial charge is 0.244 e. The van der Waals surface area contributed by atoms with Crippen LogP contribution in [-0.4, -0.2) is 22.6 Å². The number of aryl methyl sites for hydroxylation is 1. The summed E-state index contributed by atoms with van der Waals surface area (Å²) < 4.78 is 0. The third kappa shape index (κ3) is 5.20. The maximum atomic E-state index is 12.0. The van der Waals surface area contributed by atoms with Gasteiger partial charge in [0.2, 0.25) is 5.91 Å². The first kappa shape index (κ1) is 17.2. The van der Waals surface area contributed by atoms with Crippen LogP contribution in [0.1, 0.15) is 29.7 Å². The quantitative estimate of drug-likeness (QED) is 0.631. The number of aromatic nitrogens is 1. The highest BCUT2D eigenvalue weighted by molar-refractivity contribution is 6.29. The lowest BCUT2D eigenvalue weighted by atomic mass is 10.0. The van der Waals surface area contributed by atoms with Crippen LogP contribution in [0.15, 0.2) is 48.7 Å². The van der Waals surface area contributed by atoms with Crippen molar-refractivity contribution in [2.75, 3.05) is 6.61 Å². The molecule has 0 spiro atoms. The van der Waals surface area contributed by atoms with Crippen LogP contribution >= 0.6 is 11.6 Å². The van der Waals surface area contributed by atoms with Gasteiger partial charge in [-0.1, -0.05) is 48.9 Å². The number of carbonyl (C=O) groups excluding carboxylic acids is 1. The SMILES string of the molecule is CCc1ccc(C(CO)NC(=O)/C=C/c2ccc(Cl)nc2)cc1. The molecule has 1 amide bonds. The molecule has 1 unspecified atom stereocenters. The number of nitrogens with zero attached hydrogens (tertiary/aromatic N) is 1. The Morgan fingerprint density at radius 2 is 2.04 bits per heavy atom. The number of amides is 1. The highest BCUT2D eigenvalue weighted by Gasteiger charge is 2.11. The van der Waals surface area contributed by atoms with Crippen molar-refractivity contribution >= 4 is 23.6 Å². The molecule has 0 saturated heterocycles. The number of benzene rings is 1. The molecule has 2 aromatic rings. The van der Waals surface area contributed by atoms with Gasteiger partial charge >= 0.3 is 0 Å². The highest BCUT2D eigenvalue weighted by Crippen LogP contribution is 2.14. The molecule has 1 aromatic carbocycles. The number of nitrogens with one attached hydrogen (secondary N) is 1. The van der Waals surface area contributed by atoms with Crippen molar-refractivity contribution in [1.29, 1.82) is 0 Å². The molecule has 0 aliphatic rings. The van der Waals surface area contributed by atoms with E-state index in [1.807, 2.05) is 24.3 Å². The first-order valence-electron chi connectivity index (χ1n) is 7.42. The zero-order valence-electron chi connectivity index (χ0n) is 12.9. The average Bonchev–Trinajstić information content (AvgIpc) is 2.59. The topological polar surface area (TPSA) is 62.2 Å². The number of rotatable bonds is 6. The van der Waals surface area contributed by atoms with Crippen molar-refractivity contribution in [2.24, 2.45) is 0 Å². The molecule has 1 atom stereocenters. The largest absolute Gasteiger partial charge is 0.394 e. The minimum Gasteiger partial charge on any atom is -0.394 e. The van der Waals surface area contributed by atoms with E-state index in [1.165, 1.54) is 11.6 Å². The Kier molecular flexibility index (Phi) is 6.32. The van der Waals surface area contributed by atoms with E-state index < -0.39 is 6.04 Å². The van der Waals surface area contributed by atoms with Gasteiger partial charge in [-0.3, -0.25) is 4.79 Å². The summed E-state index contributed by atoms with van der Waals surface area (Å²) in [6.45, 7) is 1.92. The molecule has 2 rings (SSSR count). The van der Waals surface area contributed by atoms with E-state index in [2.05, 4.69) is 17.2 Å². The molecule has 23 heavy (non-hydrogen) atoms. The van der Waals surface area contributed by atoms with Gasteiger partial charge in [0.05, 0.1) is 12.6 Å². The van der Waals surface area contributed by atoms with Crippen molar-refractivity contribution in [3.05, 3.63) is 70.5 Å². The molecule has 2 N–H and O–H groups in total. The first-order chi connectivity index (χ1) is 11.1. The first-order valence-corrected chi connectivity index (χ1v) is 7.80. The van der Waals surface area contributed by atoms with Gasteiger partial charge in [-0.2, -0.15) is 0 Å². The Morgan fingerprint density at radius 3 is 2.61 bits per heavy atom. The van der Waals surface area contributed by atoms with Gasteiger partial charge in [-0.15, -0.1) is 0 Å². The molecule has 1 aromatic heterocycles. The fraction of sp³-hybridized carbons (Fsp3) is 0.222. The number of carbonyl (C=O) groups is 1. The predicted octanol–water partition coefficient (Wildman–Crippen LogP) is 3.16. The second-order valence-corrected chi connectivity index (χ2v) is 5.47. The number of pyridine rings is 1. The van der Waals surface area contributed by atoms with E-state index in [9.17, 15) is 9.90 Å². The molecule has 5 heteroatoms. The van der Waals surface area contributed by atoms with Crippen LogP contribution < -0.4 is 5.32 Å². The van der Waals surface area contributed by atoms with E-state index in [1.54, 1.807) is 24.4 Å². The van der Waals surface area contributed by atoms with Crippen LogP contribution in [0.3, 0.4) is 0 Å². The molecule has 0 bridgehead atoms. The summed E-state index contributed by atoms with van der Waals surface area (Å²) in [5.41, 5.74) is 2.86. The summed E-state index contributed by atoms with van der Waals surface area (Å²) in [7, 11) is 0. The lowest BCUT2D eigenvalue weighted by molar-refractivity contribution is -0.117. The van der Waals surface area contributed by atoms with E-state index >= 15 is 0 Å². The second kappa shape index (κ2) is 8.46. The summed E-state index contributed by atoms with van der Waals surface area (Å²) in [6.07, 6.45) is 5.59. The summed E-state index contributed by atoms with van der Waals surface area (Å²) in [5, 5.41) is 12.7. The Balaban J connectivity index is 1.99. The van der Waals surface area contributed by atoms with E-state index in [0.717, 1.165) is 17.5 Å². The van der Waals surface area contributed by atoms with Gasteiger partial charge in [0.15, 0.2) is 0 Å². The number of halogens is 1. The highest BCUT2D eigenvalue weighted by atomic mass is 35.5. The standard InChI is InChI=1S/C18H19ClN2O2/c1-2-13-3-7-15(8-4-13)16(12-22)21-18(23)10-6-14-5-9-17(19)20-11-14/h3-11,16,22H,2,12H2,1H3,(H,21,23)/b10-6+. The molecule has 120 valence electrons. The van der Waals surface area contributed by atoms with Gasteiger partial charge in [0, 0.05) is 12.3 Å². The van der Waals surface area contributed by atoms with Crippen LogP contribution in [0.25, 0.3) is 6.08 Å². The van der Waals surface area contributed by atoms with Gasteiger partial charge in [-0.05, 0) is 35.3 Å². The summed E-state index contributed by atoms with van der Waals surface area (Å²) in [4.78, 5) is 15.9. The van der Waals surface area contributed by atoms with Crippen molar-refractivity contribution in [3.8, 4) is 0 Å². The molecule has 0 saturated carbocycles. The molecule has 0 radical (unpaired) electrons. The monoisotopic (exact) mass is 330 g/mol. The average molecular weight is 331 g/mol. The van der Waals surface area contributed by atoms with E-state index in [0.29, 0.717) is 5.15 Å². The number of hydrogen-bond acceptors (Lipinski definition) is 3. The summed E-state index contributed by atoms with van der Waals surface area (Å²) in [5.74, 6) is -0.279. The predicted molar refractivity (Wildman–Crippen MR) is 92.1 cm³/mol. The molecule has 0 aliphatic heterocycles. The maximum Gasteiger partial charge on any atom is 0.244 e. The number of aliphatic hydroxyl groups excluding tert-OH is 1. The van der Waals surface area contributed by atoms with Gasteiger partial charge in [0.25, 0.3) is 0 Å². The number of hydrogen-bond donors (Lipinski definition) is 2. The molecule has 0 fully saturated rings. The summed E-state index contributed by atoms with van der Waals surface area (Å²) >= 11 is 5.71. The zero-order chi connectivity index (χ0) is 16.7. The molecule has 0 aliphatic carbocycles. The number of aliphatic hydroxyl groups is 1. The third-order valence-electron chi connectivity index (χ3n) is 3.47. The normalized spacial score (nSPS) is 12.3. The summed E-state index contributed by atoms with van der Waals surface area (Å²) in [6, 6.07) is 10.8. The van der Waals surface area contributed by atoms with Crippen LogP contribution in [-0.2, 0) is 11.2 Å². The lowest BCUT2D eigenvalue weighted by Gasteiger charge is -2.16.